The van der Waals surface area contributed by atoms with Crippen molar-refractivity contribution >= 4 is 0 Å². The van der Waals surface area contributed by atoms with Crippen LogP contribution < -0.4 is 5.32 Å². The third-order valence-corrected chi connectivity index (χ3v) is 2.20. The van der Waals surface area contributed by atoms with Crippen molar-refractivity contribution in [2.24, 2.45) is 0 Å². The molecule has 0 aliphatic heterocycles. The van der Waals surface area contributed by atoms with Crippen molar-refractivity contribution in [2.45, 2.75) is 13.0 Å². The molecule has 0 aromatic carbocycles. The molecular weight excluding hydrogens is 202 g/mol. The lowest BCUT2D eigenvalue weighted by atomic mass is 10.1. The van der Waals surface area contributed by atoms with E-state index in [-0.39, 0.29) is 6.04 Å². The molecule has 0 aliphatic rings. The fourth-order valence-corrected chi connectivity index (χ4v) is 1.52. The predicted molar refractivity (Wildman–Crippen MR) is 59.6 cm³/mol. The average molecular weight is 215 g/mol. The Bertz CT molecular complexity index is 377. The lowest BCUT2D eigenvalue weighted by molar-refractivity contribution is 0.608. The molecule has 0 saturated heterocycles. The SMILES string of the molecule is CCNC(c1cncnc1)c1cnccn1. The largest absolute Gasteiger partial charge is 0.305 e. The van der Waals surface area contributed by atoms with Crippen molar-refractivity contribution in [2.75, 3.05) is 6.54 Å². The fraction of sp³-hybridized carbons (Fsp3) is 0.273. The molecule has 1 atom stereocenters. The molecule has 2 aromatic heterocycles. The highest BCUT2D eigenvalue weighted by Gasteiger charge is 2.14. The molecule has 5 heteroatoms. The third kappa shape index (κ3) is 2.38. The first-order valence-electron chi connectivity index (χ1n) is 5.16. The highest BCUT2D eigenvalue weighted by Crippen LogP contribution is 2.17. The van der Waals surface area contributed by atoms with Gasteiger partial charge in [-0.25, -0.2) is 9.97 Å². The molecule has 0 fully saturated rings. The van der Waals surface area contributed by atoms with Crippen molar-refractivity contribution in [3.05, 3.63) is 48.6 Å². The number of hydrogen-bond acceptors (Lipinski definition) is 5. The quantitative estimate of drug-likeness (QED) is 0.823. The average Bonchev–Trinajstić information content (AvgIpc) is 2.38. The molecule has 2 rings (SSSR count). The summed E-state index contributed by atoms with van der Waals surface area (Å²) in [6, 6.07) is -0.0000926. The summed E-state index contributed by atoms with van der Waals surface area (Å²) < 4.78 is 0. The number of nitrogens with one attached hydrogen (secondary N) is 1. The predicted octanol–water partition coefficient (Wildman–Crippen LogP) is 0.966. The molecule has 0 amide bonds. The second-order valence-electron chi connectivity index (χ2n) is 3.29. The molecule has 0 radical (unpaired) electrons. The van der Waals surface area contributed by atoms with Crippen LogP contribution in [0.15, 0.2) is 37.3 Å². The van der Waals surface area contributed by atoms with E-state index in [2.05, 4.69) is 25.3 Å². The first-order valence-corrected chi connectivity index (χ1v) is 5.16. The number of nitrogens with zero attached hydrogens (tertiary/aromatic N) is 4. The molecule has 82 valence electrons. The Morgan fingerprint density at radius 1 is 1.12 bits per heavy atom. The number of hydrogen-bond donors (Lipinski definition) is 1. The van der Waals surface area contributed by atoms with Crippen molar-refractivity contribution in [1.29, 1.82) is 0 Å². The van der Waals surface area contributed by atoms with Gasteiger partial charge in [-0.2, -0.15) is 0 Å². The van der Waals surface area contributed by atoms with Crippen LogP contribution in [0.4, 0.5) is 0 Å². The maximum absolute atomic E-state index is 4.29. The number of rotatable bonds is 4. The Morgan fingerprint density at radius 2 is 1.94 bits per heavy atom. The molecule has 2 aromatic rings. The molecule has 0 saturated carbocycles. The van der Waals surface area contributed by atoms with E-state index in [0.717, 1.165) is 17.8 Å². The highest BCUT2D eigenvalue weighted by molar-refractivity contribution is 5.20. The van der Waals surface area contributed by atoms with E-state index in [4.69, 9.17) is 0 Å². The first-order chi connectivity index (χ1) is 7.92. The summed E-state index contributed by atoms with van der Waals surface area (Å²) in [5.74, 6) is 0. The molecule has 0 bridgehead atoms. The smallest absolute Gasteiger partial charge is 0.115 e. The Kier molecular flexibility index (Phi) is 3.50. The summed E-state index contributed by atoms with van der Waals surface area (Å²) >= 11 is 0. The van der Waals surface area contributed by atoms with Gasteiger partial charge >= 0.3 is 0 Å². The Hall–Kier alpha value is -1.88. The van der Waals surface area contributed by atoms with Crippen LogP contribution in [-0.2, 0) is 0 Å². The van der Waals surface area contributed by atoms with Gasteiger partial charge in [-0.15, -0.1) is 0 Å². The summed E-state index contributed by atoms with van der Waals surface area (Å²) in [5.41, 5.74) is 1.86. The van der Waals surface area contributed by atoms with Crippen LogP contribution in [-0.4, -0.2) is 26.5 Å². The van der Waals surface area contributed by atoms with Gasteiger partial charge in [0.1, 0.15) is 6.33 Å². The lowest BCUT2D eigenvalue weighted by Crippen LogP contribution is -2.23. The van der Waals surface area contributed by atoms with Gasteiger partial charge in [-0.05, 0) is 6.54 Å². The van der Waals surface area contributed by atoms with Crippen LogP contribution in [0, 0.1) is 0 Å². The lowest BCUT2D eigenvalue weighted by Gasteiger charge is -2.16. The van der Waals surface area contributed by atoms with Crippen molar-refractivity contribution < 1.29 is 0 Å². The van der Waals surface area contributed by atoms with Gasteiger partial charge < -0.3 is 5.32 Å². The van der Waals surface area contributed by atoms with Crippen LogP contribution in [0.1, 0.15) is 24.2 Å². The minimum atomic E-state index is -0.0000926. The van der Waals surface area contributed by atoms with Crippen LogP contribution in [0.25, 0.3) is 0 Å². The van der Waals surface area contributed by atoms with Crippen LogP contribution >= 0.6 is 0 Å². The van der Waals surface area contributed by atoms with E-state index < -0.39 is 0 Å². The Balaban J connectivity index is 2.31. The molecule has 2 heterocycles. The van der Waals surface area contributed by atoms with Gasteiger partial charge in [0.15, 0.2) is 0 Å². The van der Waals surface area contributed by atoms with Crippen LogP contribution in [0.2, 0.25) is 0 Å². The molecule has 0 spiro atoms. The van der Waals surface area contributed by atoms with E-state index in [1.54, 1.807) is 31.0 Å². The van der Waals surface area contributed by atoms with Gasteiger partial charge in [0.05, 0.1) is 17.9 Å². The van der Waals surface area contributed by atoms with E-state index in [1.165, 1.54) is 6.33 Å². The molecule has 1 N–H and O–H groups in total. The first kappa shape index (κ1) is 10.6. The fourth-order valence-electron chi connectivity index (χ4n) is 1.52. The monoisotopic (exact) mass is 215 g/mol. The minimum absolute atomic E-state index is 0.0000926. The zero-order chi connectivity index (χ0) is 11.2. The number of aromatic nitrogens is 4. The van der Waals surface area contributed by atoms with Crippen molar-refractivity contribution in [1.82, 2.24) is 25.3 Å². The van der Waals surface area contributed by atoms with E-state index in [9.17, 15) is 0 Å². The molecule has 1 unspecified atom stereocenters. The zero-order valence-electron chi connectivity index (χ0n) is 9.04. The van der Waals surface area contributed by atoms with Gasteiger partial charge in [0, 0.05) is 30.4 Å². The van der Waals surface area contributed by atoms with Crippen LogP contribution in [0.5, 0.6) is 0 Å². The standard InChI is InChI=1S/C11H13N5/c1-2-15-11(9-5-13-8-14-6-9)10-7-12-3-4-16-10/h3-8,11,15H,2H2,1H3. The molecule has 16 heavy (non-hydrogen) atoms. The van der Waals surface area contributed by atoms with Gasteiger partial charge in [0.2, 0.25) is 0 Å². The maximum Gasteiger partial charge on any atom is 0.115 e. The zero-order valence-corrected chi connectivity index (χ0v) is 9.04. The van der Waals surface area contributed by atoms with E-state index in [1.807, 2.05) is 6.92 Å². The second kappa shape index (κ2) is 5.27. The van der Waals surface area contributed by atoms with Gasteiger partial charge in [0.25, 0.3) is 0 Å². The van der Waals surface area contributed by atoms with Crippen molar-refractivity contribution in [3.63, 3.8) is 0 Å². The third-order valence-electron chi connectivity index (χ3n) is 2.20. The summed E-state index contributed by atoms with van der Waals surface area (Å²) in [5, 5.41) is 3.33. The summed E-state index contributed by atoms with van der Waals surface area (Å²) in [6.07, 6.45) is 10.2. The van der Waals surface area contributed by atoms with Crippen molar-refractivity contribution in [3.8, 4) is 0 Å². The van der Waals surface area contributed by atoms with E-state index >= 15 is 0 Å². The summed E-state index contributed by atoms with van der Waals surface area (Å²) in [7, 11) is 0. The molecule has 5 nitrogen and oxygen atoms in total. The van der Waals surface area contributed by atoms with Gasteiger partial charge in [-0.1, -0.05) is 6.92 Å². The molecule has 0 aliphatic carbocycles. The maximum atomic E-state index is 4.29. The highest BCUT2D eigenvalue weighted by atomic mass is 15.0. The Labute approximate surface area is 94.0 Å². The van der Waals surface area contributed by atoms with E-state index in [0.29, 0.717) is 0 Å². The normalized spacial score (nSPS) is 12.3. The Morgan fingerprint density at radius 3 is 2.56 bits per heavy atom. The molecular formula is C11H13N5. The summed E-state index contributed by atoms with van der Waals surface area (Å²) in [6.45, 7) is 2.89. The van der Waals surface area contributed by atoms with Gasteiger partial charge in [-0.3, -0.25) is 9.97 Å². The second-order valence-corrected chi connectivity index (χ2v) is 3.29. The van der Waals surface area contributed by atoms with Crippen LogP contribution in [0.3, 0.4) is 0 Å². The minimum Gasteiger partial charge on any atom is -0.305 e. The topological polar surface area (TPSA) is 63.6 Å². The summed E-state index contributed by atoms with van der Waals surface area (Å²) in [4.78, 5) is 16.4.